The van der Waals surface area contributed by atoms with Gasteiger partial charge in [-0.1, -0.05) is 20.3 Å². The first-order valence-electron chi connectivity index (χ1n) is 8.03. The number of hydrogen-bond donors (Lipinski definition) is 1. The number of Topliss-reactive ketones (excluding diaryl/α,β-unsaturated/α-hetero) is 1. The molecule has 110 valence electrons. The van der Waals surface area contributed by atoms with Gasteiger partial charge in [-0.3, -0.25) is 4.79 Å². The highest BCUT2D eigenvalue weighted by Gasteiger charge is 2.31. The molecule has 1 aliphatic carbocycles. The van der Waals surface area contributed by atoms with Crippen molar-refractivity contribution in [1.29, 1.82) is 0 Å². The van der Waals surface area contributed by atoms with Gasteiger partial charge in [-0.25, -0.2) is 0 Å². The van der Waals surface area contributed by atoms with Crippen molar-refractivity contribution >= 4 is 5.78 Å². The maximum Gasteiger partial charge on any atom is 0.135 e. The molecule has 2 rings (SSSR count). The molecule has 0 spiro atoms. The van der Waals surface area contributed by atoms with Crippen LogP contribution in [0.25, 0.3) is 0 Å². The van der Waals surface area contributed by atoms with Crippen molar-refractivity contribution in [2.45, 2.75) is 64.5 Å². The first kappa shape index (κ1) is 15.0. The average Bonchev–Trinajstić information content (AvgIpc) is 2.79. The maximum absolute atomic E-state index is 11.9. The largest absolute Gasteiger partial charge is 0.311 e. The van der Waals surface area contributed by atoms with Crippen LogP contribution in [0.5, 0.6) is 0 Å². The van der Waals surface area contributed by atoms with E-state index in [-0.39, 0.29) is 5.92 Å². The van der Waals surface area contributed by atoms with Gasteiger partial charge >= 0.3 is 0 Å². The standard InChI is InChI=1S/C16H30N2O/c1-12(2)16(19)11-13-5-4-6-15(13)17-14-7-9-18(3)10-8-14/h12-15,17H,4-11H2,1-3H3. The molecule has 3 heteroatoms. The van der Waals surface area contributed by atoms with E-state index >= 15 is 0 Å². The smallest absolute Gasteiger partial charge is 0.135 e. The van der Waals surface area contributed by atoms with Crippen LogP contribution in [0.2, 0.25) is 0 Å². The van der Waals surface area contributed by atoms with Crippen molar-refractivity contribution in [2.24, 2.45) is 11.8 Å². The van der Waals surface area contributed by atoms with E-state index in [1.165, 1.54) is 45.2 Å². The molecule has 1 saturated heterocycles. The van der Waals surface area contributed by atoms with Crippen molar-refractivity contribution < 1.29 is 4.79 Å². The molecule has 0 radical (unpaired) electrons. The molecular weight excluding hydrogens is 236 g/mol. The molecule has 2 aliphatic rings. The molecule has 0 amide bonds. The van der Waals surface area contributed by atoms with E-state index in [9.17, 15) is 4.79 Å². The minimum Gasteiger partial charge on any atom is -0.311 e. The van der Waals surface area contributed by atoms with Crippen molar-refractivity contribution in [2.75, 3.05) is 20.1 Å². The molecular formula is C16H30N2O. The lowest BCUT2D eigenvalue weighted by atomic mass is 9.91. The Balaban J connectivity index is 1.80. The fourth-order valence-corrected chi connectivity index (χ4v) is 3.47. The van der Waals surface area contributed by atoms with Crippen LogP contribution in [-0.4, -0.2) is 42.9 Å². The van der Waals surface area contributed by atoms with Crippen LogP contribution in [-0.2, 0) is 4.79 Å². The summed E-state index contributed by atoms with van der Waals surface area (Å²) >= 11 is 0. The topological polar surface area (TPSA) is 32.3 Å². The molecule has 2 fully saturated rings. The molecule has 0 aromatic rings. The van der Waals surface area contributed by atoms with Crippen LogP contribution in [0, 0.1) is 11.8 Å². The summed E-state index contributed by atoms with van der Waals surface area (Å²) in [5.41, 5.74) is 0. The van der Waals surface area contributed by atoms with Crippen LogP contribution in [0.15, 0.2) is 0 Å². The lowest BCUT2D eigenvalue weighted by Crippen LogP contribution is -2.46. The van der Waals surface area contributed by atoms with Gasteiger partial charge in [0.15, 0.2) is 0 Å². The number of likely N-dealkylation sites (tertiary alicyclic amines) is 1. The summed E-state index contributed by atoms with van der Waals surface area (Å²) in [4.78, 5) is 14.4. The summed E-state index contributed by atoms with van der Waals surface area (Å²) in [5.74, 6) is 1.24. The van der Waals surface area contributed by atoms with Crippen molar-refractivity contribution in [1.82, 2.24) is 10.2 Å². The molecule has 1 saturated carbocycles. The van der Waals surface area contributed by atoms with E-state index in [2.05, 4.69) is 17.3 Å². The van der Waals surface area contributed by atoms with Gasteiger partial charge in [-0.05, 0) is 51.7 Å². The minimum atomic E-state index is 0.199. The fraction of sp³-hybridized carbons (Fsp3) is 0.938. The van der Waals surface area contributed by atoms with Crippen LogP contribution < -0.4 is 5.32 Å². The van der Waals surface area contributed by atoms with E-state index in [4.69, 9.17) is 0 Å². The first-order valence-corrected chi connectivity index (χ1v) is 8.03. The molecule has 0 aromatic carbocycles. The Labute approximate surface area is 118 Å². The van der Waals surface area contributed by atoms with Gasteiger partial charge in [0, 0.05) is 24.4 Å². The number of piperidine rings is 1. The van der Waals surface area contributed by atoms with Crippen LogP contribution in [0.3, 0.4) is 0 Å². The molecule has 2 unspecified atom stereocenters. The van der Waals surface area contributed by atoms with Crippen LogP contribution >= 0.6 is 0 Å². The molecule has 0 aromatic heterocycles. The summed E-state index contributed by atoms with van der Waals surface area (Å²) in [6, 6.07) is 1.27. The van der Waals surface area contributed by atoms with E-state index in [1.807, 2.05) is 13.8 Å². The Morgan fingerprint density at radius 1 is 1.21 bits per heavy atom. The van der Waals surface area contributed by atoms with Crippen molar-refractivity contribution in [3.63, 3.8) is 0 Å². The molecule has 3 nitrogen and oxygen atoms in total. The Morgan fingerprint density at radius 3 is 2.53 bits per heavy atom. The number of rotatable bonds is 5. The summed E-state index contributed by atoms with van der Waals surface area (Å²) in [7, 11) is 2.20. The van der Waals surface area contributed by atoms with Gasteiger partial charge < -0.3 is 10.2 Å². The van der Waals surface area contributed by atoms with Gasteiger partial charge in [-0.15, -0.1) is 0 Å². The second-order valence-corrected chi connectivity index (χ2v) is 6.87. The van der Waals surface area contributed by atoms with Crippen LogP contribution in [0.1, 0.15) is 52.4 Å². The quantitative estimate of drug-likeness (QED) is 0.829. The lowest BCUT2D eigenvalue weighted by Gasteiger charge is -2.33. The zero-order valence-electron chi connectivity index (χ0n) is 12.8. The highest BCUT2D eigenvalue weighted by molar-refractivity contribution is 5.80. The second kappa shape index (κ2) is 6.85. The Hall–Kier alpha value is -0.410. The number of carbonyl (C=O) groups is 1. The molecule has 0 bridgehead atoms. The summed E-state index contributed by atoms with van der Waals surface area (Å²) < 4.78 is 0. The number of ketones is 1. The average molecular weight is 266 g/mol. The predicted octanol–water partition coefficient (Wildman–Crippen LogP) is 2.45. The monoisotopic (exact) mass is 266 g/mol. The predicted molar refractivity (Wildman–Crippen MR) is 79.2 cm³/mol. The van der Waals surface area contributed by atoms with E-state index in [0.29, 0.717) is 23.8 Å². The normalized spacial score (nSPS) is 30.1. The van der Waals surface area contributed by atoms with E-state index < -0.39 is 0 Å². The molecule has 1 aliphatic heterocycles. The second-order valence-electron chi connectivity index (χ2n) is 6.87. The zero-order valence-corrected chi connectivity index (χ0v) is 12.8. The fourth-order valence-electron chi connectivity index (χ4n) is 3.47. The third kappa shape index (κ3) is 4.28. The Kier molecular flexibility index (Phi) is 5.40. The highest BCUT2D eigenvalue weighted by Crippen LogP contribution is 2.30. The Bertz CT molecular complexity index is 295. The Morgan fingerprint density at radius 2 is 1.89 bits per heavy atom. The molecule has 2 atom stereocenters. The molecule has 1 N–H and O–H groups in total. The van der Waals surface area contributed by atoms with Gasteiger partial charge in [0.25, 0.3) is 0 Å². The molecule has 1 heterocycles. The zero-order chi connectivity index (χ0) is 13.8. The minimum absolute atomic E-state index is 0.199. The van der Waals surface area contributed by atoms with Crippen LogP contribution in [0.4, 0.5) is 0 Å². The summed E-state index contributed by atoms with van der Waals surface area (Å²) in [6.07, 6.45) is 7.11. The van der Waals surface area contributed by atoms with E-state index in [0.717, 1.165) is 6.42 Å². The number of hydrogen-bond acceptors (Lipinski definition) is 3. The van der Waals surface area contributed by atoms with E-state index in [1.54, 1.807) is 0 Å². The SMILES string of the molecule is CC(C)C(=O)CC1CCCC1NC1CCN(C)CC1. The highest BCUT2D eigenvalue weighted by atomic mass is 16.1. The molecule has 19 heavy (non-hydrogen) atoms. The number of nitrogens with zero attached hydrogens (tertiary/aromatic N) is 1. The van der Waals surface area contributed by atoms with Crippen molar-refractivity contribution in [3.8, 4) is 0 Å². The van der Waals surface area contributed by atoms with Crippen molar-refractivity contribution in [3.05, 3.63) is 0 Å². The summed E-state index contributed by atoms with van der Waals surface area (Å²) in [6.45, 7) is 6.47. The van der Waals surface area contributed by atoms with Gasteiger partial charge in [0.1, 0.15) is 5.78 Å². The first-order chi connectivity index (χ1) is 9.06. The van der Waals surface area contributed by atoms with Gasteiger partial charge in [-0.2, -0.15) is 0 Å². The maximum atomic E-state index is 11.9. The number of nitrogens with one attached hydrogen (secondary N) is 1. The summed E-state index contributed by atoms with van der Waals surface area (Å²) in [5, 5.41) is 3.85. The number of carbonyl (C=O) groups excluding carboxylic acids is 1. The third-order valence-corrected chi connectivity index (χ3v) is 4.93. The lowest BCUT2D eigenvalue weighted by molar-refractivity contribution is -0.122. The third-order valence-electron chi connectivity index (χ3n) is 4.93. The van der Waals surface area contributed by atoms with Gasteiger partial charge in [0.2, 0.25) is 0 Å². The van der Waals surface area contributed by atoms with Gasteiger partial charge in [0.05, 0.1) is 0 Å².